The van der Waals surface area contributed by atoms with E-state index in [0.717, 1.165) is 29.7 Å². The first kappa shape index (κ1) is 18.4. The molecule has 3 rings (SSSR count). The summed E-state index contributed by atoms with van der Waals surface area (Å²) in [5.74, 6) is 0.00376. The molecule has 0 saturated carbocycles. The summed E-state index contributed by atoms with van der Waals surface area (Å²) in [7, 11) is 2.97. The van der Waals surface area contributed by atoms with E-state index in [1.807, 2.05) is 0 Å². The maximum absolute atomic E-state index is 12.6. The lowest BCUT2D eigenvalue weighted by atomic mass is 10.1. The molecule has 0 bridgehead atoms. The quantitative estimate of drug-likeness (QED) is 0.594. The largest absolute Gasteiger partial charge is 0.491 e. The summed E-state index contributed by atoms with van der Waals surface area (Å²) >= 11 is 1.46. The third-order valence-electron chi connectivity index (χ3n) is 4.21. The molecule has 1 aliphatic carbocycles. The number of thiophene rings is 1. The molecule has 1 aliphatic rings. The van der Waals surface area contributed by atoms with Crippen LogP contribution < -0.4 is 10.1 Å². The van der Waals surface area contributed by atoms with Crippen molar-refractivity contribution in [1.29, 1.82) is 0 Å². The number of carbonyl (C=O) groups is 2. The van der Waals surface area contributed by atoms with Crippen LogP contribution in [0.2, 0.25) is 0 Å². The molecule has 6 nitrogen and oxygen atoms in total. The van der Waals surface area contributed by atoms with Crippen molar-refractivity contribution >= 4 is 28.2 Å². The van der Waals surface area contributed by atoms with Gasteiger partial charge in [0.2, 0.25) is 0 Å². The summed E-state index contributed by atoms with van der Waals surface area (Å²) in [6.07, 6.45) is 2.82. The third-order valence-corrected chi connectivity index (χ3v) is 5.42. The Kier molecular flexibility index (Phi) is 5.90. The highest BCUT2D eigenvalue weighted by atomic mass is 32.1. The zero-order valence-electron chi connectivity index (χ0n) is 14.8. The smallest absolute Gasteiger partial charge is 0.341 e. The van der Waals surface area contributed by atoms with Crippen molar-refractivity contribution < 1.29 is 23.8 Å². The van der Waals surface area contributed by atoms with Crippen LogP contribution in [0.1, 0.15) is 37.6 Å². The summed E-state index contributed by atoms with van der Waals surface area (Å²) in [5.41, 5.74) is 2.00. The van der Waals surface area contributed by atoms with Gasteiger partial charge in [0.1, 0.15) is 17.4 Å². The van der Waals surface area contributed by atoms with E-state index in [2.05, 4.69) is 5.32 Å². The first-order chi connectivity index (χ1) is 12.6. The van der Waals surface area contributed by atoms with Crippen molar-refractivity contribution in [3.63, 3.8) is 0 Å². The number of fused-ring (bicyclic) bond motifs is 1. The van der Waals surface area contributed by atoms with Crippen LogP contribution in [0.25, 0.3) is 0 Å². The van der Waals surface area contributed by atoms with Gasteiger partial charge in [-0.15, -0.1) is 11.3 Å². The van der Waals surface area contributed by atoms with Crippen molar-refractivity contribution in [2.75, 3.05) is 32.8 Å². The summed E-state index contributed by atoms with van der Waals surface area (Å²) in [5, 5.41) is 3.42. The Morgan fingerprint density at radius 3 is 2.58 bits per heavy atom. The number of hydrogen-bond donors (Lipinski definition) is 1. The molecule has 0 aliphatic heterocycles. The number of amides is 1. The van der Waals surface area contributed by atoms with Crippen molar-refractivity contribution in [1.82, 2.24) is 0 Å². The maximum atomic E-state index is 12.6. The fourth-order valence-electron chi connectivity index (χ4n) is 2.93. The molecule has 138 valence electrons. The van der Waals surface area contributed by atoms with Crippen LogP contribution in [-0.2, 0) is 22.3 Å². The van der Waals surface area contributed by atoms with Crippen LogP contribution in [0.5, 0.6) is 5.75 Å². The Labute approximate surface area is 156 Å². The molecule has 0 spiro atoms. The average molecular weight is 375 g/mol. The van der Waals surface area contributed by atoms with Gasteiger partial charge in [-0.1, -0.05) is 0 Å². The van der Waals surface area contributed by atoms with Crippen LogP contribution in [0, 0.1) is 0 Å². The molecule has 0 fully saturated rings. The van der Waals surface area contributed by atoms with Gasteiger partial charge >= 0.3 is 5.97 Å². The van der Waals surface area contributed by atoms with Gasteiger partial charge in [-0.05, 0) is 49.1 Å². The Hall–Kier alpha value is -2.38. The molecule has 1 N–H and O–H groups in total. The molecule has 1 amide bonds. The Morgan fingerprint density at radius 1 is 1.12 bits per heavy atom. The van der Waals surface area contributed by atoms with E-state index in [9.17, 15) is 9.59 Å². The highest BCUT2D eigenvalue weighted by Gasteiger charge is 2.28. The predicted octanol–water partition coefficient (Wildman–Crippen LogP) is 3.30. The van der Waals surface area contributed by atoms with E-state index in [4.69, 9.17) is 14.2 Å². The molecular formula is C19H21NO5S. The zero-order chi connectivity index (χ0) is 18.5. The van der Waals surface area contributed by atoms with E-state index >= 15 is 0 Å². The molecule has 26 heavy (non-hydrogen) atoms. The highest BCUT2D eigenvalue weighted by molar-refractivity contribution is 7.17. The lowest BCUT2D eigenvalue weighted by Crippen LogP contribution is -2.14. The molecule has 1 aromatic carbocycles. The fourth-order valence-corrected chi connectivity index (χ4v) is 4.20. The first-order valence-electron chi connectivity index (χ1n) is 8.40. The molecule has 1 heterocycles. The number of anilines is 1. The van der Waals surface area contributed by atoms with Crippen LogP contribution in [0.15, 0.2) is 24.3 Å². The number of ether oxygens (including phenoxy) is 3. The Morgan fingerprint density at radius 2 is 1.88 bits per heavy atom. The maximum Gasteiger partial charge on any atom is 0.341 e. The van der Waals surface area contributed by atoms with Crippen molar-refractivity contribution in [2.45, 2.75) is 19.3 Å². The number of nitrogens with one attached hydrogen (secondary N) is 1. The zero-order valence-corrected chi connectivity index (χ0v) is 15.6. The number of esters is 1. The summed E-state index contributed by atoms with van der Waals surface area (Å²) < 4.78 is 15.3. The monoisotopic (exact) mass is 375 g/mol. The van der Waals surface area contributed by atoms with Crippen molar-refractivity contribution in [3.8, 4) is 5.75 Å². The van der Waals surface area contributed by atoms with Gasteiger partial charge in [0, 0.05) is 17.6 Å². The average Bonchev–Trinajstić information content (AvgIpc) is 3.22. The van der Waals surface area contributed by atoms with Crippen molar-refractivity contribution in [2.24, 2.45) is 0 Å². The van der Waals surface area contributed by atoms with Crippen LogP contribution >= 0.6 is 11.3 Å². The summed E-state index contributed by atoms with van der Waals surface area (Å²) in [6, 6.07) is 6.85. The van der Waals surface area contributed by atoms with Gasteiger partial charge in [0.05, 0.1) is 19.3 Å². The van der Waals surface area contributed by atoms with Gasteiger partial charge in [0.25, 0.3) is 5.91 Å². The van der Waals surface area contributed by atoms with Crippen LogP contribution in [0.3, 0.4) is 0 Å². The van der Waals surface area contributed by atoms with Crippen molar-refractivity contribution in [3.05, 3.63) is 45.8 Å². The number of aryl methyl sites for hydroxylation is 1. The van der Waals surface area contributed by atoms with Gasteiger partial charge in [-0.25, -0.2) is 4.79 Å². The molecule has 0 atom stereocenters. The minimum Gasteiger partial charge on any atom is -0.491 e. The van der Waals surface area contributed by atoms with E-state index < -0.39 is 5.97 Å². The Bertz CT molecular complexity index is 797. The molecule has 0 unspecified atom stereocenters. The minimum absolute atomic E-state index is 0.265. The van der Waals surface area contributed by atoms with Crippen LogP contribution in [0.4, 0.5) is 5.00 Å². The SMILES string of the molecule is COCCOc1ccc(C(=O)Nc2sc3c(c2C(=O)OC)CCC3)cc1. The second kappa shape index (κ2) is 8.33. The fraction of sp³-hybridized carbons (Fsp3) is 0.368. The summed E-state index contributed by atoms with van der Waals surface area (Å²) in [6.45, 7) is 0.951. The van der Waals surface area contributed by atoms with E-state index in [1.54, 1.807) is 31.4 Å². The molecule has 1 aromatic heterocycles. The number of carbonyl (C=O) groups excluding carboxylic acids is 2. The summed E-state index contributed by atoms with van der Waals surface area (Å²) in [4.78, 5) is 25.9. The van der Waals surface area contributed by atoms with Gasteiger partial charge in [0.15, 0.2) is 0 Å². The number of rotatable bonds is 7. The normalized spacial score (nSPS) is 12.5. The molecule has 0 saturated heterocycles. The number of methoxy groups -OCH3 is 2. The molecule has 0 radical (unpaired) electrons. The van der Waals surface area contributed by atoms with E-state index in [-0.39, 0.29) is 5.91 Å². The number of hydrogen-bond acceptors (Lipinski definition) is 6. The standard InChI is InChI=1S/C19H21NO5S/c1-23-10-11-25-13-8-6-12(7-9-13)17(21)20-18-16(19(22)24-2)14-4-3-5-15(14)26-18/h6-9H,3-5,10-11H2,1-2H3,(H,20,21). The van der Waals surface area contributed by atoms with Gasteiger partial charge < -0.3 is 19.5 Å². The lowest BCUT2D eigenvalue weighted by Gasteiger charge is -2.08. The third kappa shape index (κ3) is 3.89. The van der Waals surface area contributed by atoms with Gasteiger partial charge in [-0.3, -0.25) is 4.79 Å². The molecule has 2 aromatic rings. The lowest BCUT2D eigenvalue weighted by molar-refractivity contribution is 0.0601. The number of benzene rings is 1. The van der Waals surface area contributed by atoms with Gasteiger partial charge in [-0.2, -0.15) is 0 Å². The van der Waals surface area contributed by atoms with E-state index in [0.29, 0.717) is 35.1 Å². The minimum atomic E-state index is -0.401. The first-order valence-corrected chi connectivity index (χ1v) is 9.21. The van der Waals surface area contributed by atoms with E-state index in [1.165, 1.54) is 18.4 Å². The predicted molar refractivity (Wildman–Crippen MR) is 99.4 cm³/mol. The van der Waals surface area contributed by atoms with Crippen LogP contribution in [-0.4, -0.2) is 39.3 Å². The molecular weight excluding hydrogens is 354 g/mol. The second-order valence-corrected chi connectivity index (χ2v) is 6.98. The Balaban J connectivity index is 1.73. The topological polar surface area (TPSA) is 73.9 Å². The highest BCUT2D eigenvalue weighted by Crippen LogP contribution is 2.39. The molecule has 7 heteroatoms. The second-order valence-electron chi connectivity index (χ2n) is 5.87.